The van der Waals surface area contributed by atoms with Gasteiger partial charge in [0.05, 0.1) is 6.54 Å². The molecule has 0 saturated carbocycles. The smallest absolute Gasteiger partial charge is 0.319 e. The number of anilines is 1. The minimum atomic E-state index is -0.226. The summed E-state index contributed by atoms with van der Waals surface area (Å²) in [6.45, 7) is 9.48. The fourth-order valence-corrected chi connectivity index (χ4v) is 2.49. The molecule has 2 aromatic carbocycles. The van der Waals surface area contributed by atoms with E-state index >= 15 is 0 Å². The van der Waals surface area contributed by atoms with E-state index in [9.17, 15) is 4.79 Å². The molecule has 0 bridgehead atoms. The van der Waals surface area contributed by atoms with Gasteiger partial charge < -0.3 is 15.4 Å². The molecule has 0 fully saturated rings. The van der Waals surface area contributed by atoms with E-state index in [-0.39, 0.29) is 11.4 Å². The van der Waals surface area contributed by atoms with Gasteiger partial charge in [-0.3, -0.25) is 0 Å². The van der Waals surface area contributed by atoms with Crippen LogP contribution in [0.4, 0.5) is 10.5 Å². The maximum atomic E-state index is 12.0. The molecule has 2 aromatic rings. The number of hydrogen-bond donors (Lipinski definition) is 2. The molecule has 134 valence electrons. The molecule has 0 aromatic heterocycles. The van der Waals surface area contributed by atoms with Crippen LogP contribution in [0.2, 0.25) is 0 Å². The summed E-state index contributed by atoms with van der Waals surface area (Å²) >= 11 is 0. The van der Waals surface area contributed by atoms with Gasteiger partial charge in [0.2, 0.25) is 0 Å². The quantitative estimate of drug-likeness (QED) is 0.746. The Morgan fingerprint density at radius 3 is 2.36 bits per heavy atom. The van der Waals surface area contributed by atoms with Gasteiger partial charge in [0, 0.05) is 5.69 Å². The van der Waals surface area contributed by atoms with E-state index in [0.717, 1.165) is 17.9 Å². The zero-order valence-corrected chi connectivity index (χ0v) is 15.6. The Balaban J connectivity index is 1.75. The average Bonchev–Trinajstić information content (AvgIpc) is 2.58. The lowest BCUT2D eigenvalue weighted by Crippen LogP contribution is -2.32. The highest BCUT2D eigenvalue weighted by Crippen LogP contribution is 2.23. The molecule has 4 heteroatoms. The summed E-state index contributed by atoms with van der Waals surface area (Å²) in [6.07, 6.45) is 0.925. The van der Waals surface area contributed by atoms with Crippen molar-refractivity contribution in [1.82, 2.24) is 5.32 Å². The lowest BCUT2D eigenvalue weighted by atomic mass is 9.87. The first-order chi connectivity index (χ1) is 11.9. The number of para-hydroxylation sites is 1. The van der Waals surface area contributed by atoms with Gasteiger partial charge in [-0.15, -0.1) is 0 Å². The van der Waals surface area contributed by atoms with Crippen LogP contribution in [0, 0.1) is 0 Å². The van der Waals surface area contributed by atoms with Gasteiger partial charge in [0.15, 0.2) is 0 Å². The van der Waals surface area contributed by atoms with E-state index in [1.165, 1.54) is 11.1 Å². The predicted molar refractivity (Wildman–Crippen MR) is 103 cm³/mol. The van der Waals surface area contributed by atoms with E-state index in [2.05, 4.69) is 44.4 Å². The molecule has 0 radical (unpaired) electrons. The highest BCUT2D eigenvalue weighted by molar-refractivity contribution is 5.89. The van der Waals surface area contributed by atoms with Crippen molar-refractivity contribution in [3.63, 3.8) is 0 Å². The fraction of sp³-hybridized carbons (Fsp3) is 0.381. The Hall–Kier alpha value is -2.49. The van der Waals surface area contributed by atoms with Crippen LogP contribution in [0.25, 0.3) is 0 Å². The standard InChI is InChI=1S/C21H28N2O2/c1-5-16-8-6-7-9-19(16)25-15-14-22-20(24)23-18-12-10-17(11-13-18)21(2,3)4/h6-13H,5,14-15H2,1-4H3,(H2,22,23,24). The Bertz CT molecular complexity index is 688. The minimum Gasteiger partial charge on any atom is -0.491 e. The number of urea groups is 1. The molecule has 0 aliphatic rings. The summed E-state index contributed by atoms with van der Waals surface area (Å²) in [5, 5.41) is 5.64. The summed E-state index contributed by atoms with van der Waals surface area (Å²) in [6, 6.07) is 15.7. The number of amides is 2. The van der Waals surface area contributed by atoms with Crippen molar-refractivity contribution in [1.29, 1.82) is 0 Å². The Morgan fingerprint density at radius 1 is 1.04 bits per heavy atom. The zero-order chi connectivity index (χ0) is 18.3. The third-order valence-corrected chi connectivity index (χ3v) is 4.01. The molecule has 0 saturated heterocycles. The molecule has 4 nitrogen and oxygen atoms in total. The van der Waals surface area contributed by atoms with E-state index < -0.39 is 0 Å². The Kier molecular flexibility index (Phi) is 6.45. The maximum absolute atomic E-state index is 12.0. The van der Waals surface area contributed by atoms with Crippen molar-refractivity contribution in [3.8, 4) is 5.75 Å². The van der Waals surface area contributed by atoms with Crippen molar-refractivity contribution in [2.45, 2.75) is 39.5 Å². The number of nitrogens with one attached hydrogen (secondary N) is 2. The normalized spacial score (nSPS) is 11.0. The molecule has 0 aliphatic carbocycles. The van der Waals surface area contributed by atoms with Crippen LogP contribution < -0.4 is 15.4 Å². The second kappa shape index (κ2) is 8.56. The number of aryl methyl sites for hydroxylation is 1. The van der Waals surface area contributed by atoms with Gasteiger partial charge in [0.25, 0.3) is 0 Å². The van der Waals surface area contributed by atoms with Crippen molar-refractivity contribution < 1.29 is 9.53 Å². The van der Waals surface area contributed by atoms with Crippen LogP contribution in [-0.4, -0.2) is 19.2 Å². The Labute approximate surface area is 150 Å². The second-order valence-corrected chi connectivity index (χ2v) is 7.02. The maximum Gasteiger partial charge on any atom is 0.319 e. The largest absolute Gasteiger partial charge is 0.491 e. The molecular formula is C21H28N2O2. The van der Waals surface area contributed by atoms with E-state index in [1.54, 1.807) is 0 Å². The van der Waals surface area contributed by atoms with E-state index in [1.807, 2.05) is 42.5 Å². The average molecular weight is 340 g/mol. The molecule has 0 aliphatic heterocycles. The first kappa shape index (κ1) is 18.8. The number of carbonyl (C=O) groups excluding carboxylic acids is 1. The van der Waals surface area contributed by atoms with Gasteiger partial charge in [0.1, 0.15) is 12.4 Å². The van der Waals surface area contributed by atoms with Crippen molar-refractivity contribution in [2.75, 3.05) is 18.5 Å². The molecule has 0 spiro atoms. The lowest BCUT2D eigenvalue weighted by molar-refractivity contribution is 0.247. The summed E-state index contributed by atoms with van der Waals surface area (Å²) < 4.78 is 5.74. The molecule has 2 amide bonds. The zero-order valence-electron chi connectivity index (χ0n) is 15.6. The molecule has 25 heavy (non-hydrogen) atoms. The van der Waals surface area contributed by atoms with Crippen LogP contribution in [-0.2, 0) is 11.8 Å². The van der Waals surface area contributed by atoms with Crippen molar-refractivity contribution in [3.05, 3.63) is 59.7 Å². The van der Waals surface area contributed by atoms with Gasteiger partial charge in [-0.05, 0) is 41.2 Å². The predicted octanol–water partition coefficient (Wildman–Crippen LogP) is 4.75. The lowest BCUT2D eigenvalue weighted by Gasteiger charge is -2.19. The number of hydrogen-bond acceptors (Lipinski definition) is 2. The number of rotatable bonds is 6. The van der Waals surface area contributed by atoms with Gasteiger partial charge in [-0.25, -0.2) is 4.79 Å². The topological polar surface area (TPSA) is 50.4 Å². The number of benzene rings is 2. The third-order valence-electron chi connectivity index (χ3n) is 4.01. The van der Waals surface area contributed by atoms with Crippen molar-refractivity contribution >= 4 is 11.7 Å². The molecule has 0 unspecified atom stereocenters. The molecule has 2 rings (SSSR count). The summed E-state index contributed by atoms with van der Waals surface area (Å²) in [5.74, 6) is 0.880. The monoisotopic (exact) mass is 340 g/mol. The van der Waals surface area contributed by atoms with E-state index in [0.29, 0.717) is 13.2 Å². The van der Waals surface area contributed by atoms with Gasteiger partial charge >= 0.3 is 6.03 Å². The second-order valence-electron chi connectivity index (χ2n) is 7.02. The highest BCUT2D eigenvalue weighted by atomic mass is 16.5. The summed E-state index contributed by atoms with van der Waals surface area (Å²) in [7, 11) is 0. The van der Waals surface area contributed by atoms with Crippen LogP contribution in [0.3, 0.4) is 0 Å². The number of ether oxygens (including phenoxy) is 1. The van der Waals surface area contributed by atoms with Crippen LogP contribution in [0.15, 0.2) is 48.5 Å². The van der Waals surface area contributed by atoms with Crippen LogP contribution >= 0.6 is 0 Å². The SMILES string of the molecule is CCc1ccccc1OCCNC(=O)Nc1ccc(C(C)(C)C)cc1. The van der Waals surface area contributed by atoms with Gasteiger partial charge in [-0.1, -0.05) is 58.0 Å². The molecule has 2 N–H and O–H groups in total. The van der Waals surface area contributed by atoms with Crippen LogP contribution in [0.5, 0.6) is 5.75 Å². The highest BCUT2D eigenvalue weighted by Gasteiger charge is 2.13. The summed E-state index contributed by atoms with van der Waals surface area (Å²) in [4.78, 5) is 12.0. The molecule has 0 atom stereocenters. The molecular weight excluding hydrogens is 312 g/mol. The van der Waals surface area contributed by atoms with Gasteiger partial charge in [-0.2, -0.15) is 0 Å². The number of carbonyl (C=O) groups is 1. The minimum absolute atomic E-state index is 0.104. The first-order valence-electron chi connectivity index (χ1n) is 8.76. The summed E-state index contributed by atoms with van der Waals surface area (Å²) in [5.41, 5.74) is 3.29. The van der Waals surface area contributed by atoms with Crippen LogP contribution in [0.1, 0.15) is 38.8 Å². The van der Waals surface area contributed by atoms with Crippen molar-refractivity contribution in [2.24, 2.45) is 0 Å². The van der Waals surface area contributed by atoms with E-state index in [4.69, 9.17) is 4.74 Å². The first-order valence-corrected chi connectivity index (χ1v) is 8.76. The third kappa shape index (κ3) is 5.82. The fourth-order valence-electron chi connectivity index (χ4n) is 2.49. The molecule has 0 heterocycles. The Morgan fingerprint density at radius 2 is 1.72 bits per heavy atom.